The van der Waals surface area contributed by atoms with Crippen molar-refractivity contribution in [2.75, 3.05) is 45.6 Å². The summed E-state index contributed by atoms with van der Waals surface area (Å²) in [6.07, 6.45) is 6.99. The molecule has 0 spiro atoms. The molecule has 0 aromatic carbocycles. The van der Waals surface area contributed by atoms with Crippen LogP contribution in [-0.2, 0) is 0 Å². The van der Waals surface area contributed by atoms with E-state index in [-0.39, 0.29) is 0 Å². The van der Waals surface area contributed by atoms with Crippen LogP contribution >= 0.6 is 15.9 Å². The van der Waals surface area contributed by atoms with E-state index in [1.54, 1.807) is 0 Å². The molecule has 0 bridgehead atoms. The summed E-state index contributed by atoms with van der Waals surface area (Å²) in [5.41, 5.74) is 0.578. The molecule has 0 aromatic heterocycles. The van der Waals surface area contributed by atoms with Crippen molar-refractivity contribution in [3.63, 3.8) is 0 Å². The lowest BCUT2D eigenvalue weighted by atomic mass is 9.88. The highest BCUT2D eigenvalue weighted by Gasteiger charge is 2.33. The molecule has 3 heteroatoms. The lowest BCUT2D eigenvalue weighted by Gasteiger charge is -2.33. The third-order valence-corrected chi connectivity index (χ3v) is 5.22. The van der Waals surface area contributed by atoms with Crippen molar-refractivity contribution in [2.45, 2.75) is 39.0 Å². The molecule has 17 heavy (non-hydrogen) atoms. The van der Waals surface area contributed by atoms with Gasteiger partial charge in [-0.25, -0.2) is 0 Å². The fourth-order valence-corrected chi connectivity index (χ4v) is 3.63. The Morgan fingerprint density at radius 3 is 2.24 bits per heavy atom. The van der Waals surface area contributed by atoms with Crippen LogP contribution in [0.4, 0.5) is 0 Å². The monoisotopic (exact) mass is 304 g/mol. The Labute approximate surface area is 116 Å². The van der Waals surface area contributed by atoms with Gasteiger partial charge in [0.2, 0.25) is 0 Å². The van der Waals surface area contributed by atoms with Crippen molar-refractivity contribution < 1.29 is 0 Å². The molecule has 2 nitrogen and oxygen atoms in total. The van der Waals surface area contributed by atoms with Gasteiger partial charge in [0, 0.05) is 11.9 Å². The van der Waals surface area contributed by atoms with E-state index in [1.165, 1.54) is 63.6 Å². The van der Waals surface area contributed by atoms with Crippen molar-refractivity contribution in [3.05, 3.63) is 0 Å². The maximum atomic E-state index is 3.75. The number of alkyl halides is 1. The summed E-state index contributed by atoms with van der Waals surface area (Å²) in [5, 5.41) is 1.18. The summed E-state index contributed by atoms with van der Waals surface area (Å²) in [4.78, 5) is 4.93. The molecule has 102 valence electrons. The van der Waals surface area contributed by atoms with Gasteiger partial charge in [-0.05, 0) is 58.4 Å². The highest BCUT2D eigenvalue weighted by Crippen LogP contribution is 2.40. The normalized spacial score (nSPS) is 19.4. The van der Waals surface area contributed by atoms with Crippen LogP contribution in [0.1, 0.15) is 39.0 Å². The first-order valence-corrected chi connectivity index (χ1v) is 8.17. The zero-order valence-corrected chi connectivity index (χ0v) is 13.4. The lowest BCUT2D eigenvalue weighted by molar-refractivity contribution is 0.172. The number of hydrogen-bond donors (Lipinski definition) is 0. The van der Waals surface area contributed by atoms with Crippen LogP contribution < -0.4 is 0 Å². The van der Waals surface area contributed by atoms with E-state index >= 15 is 0 Å². The van der Waals surface area contributed by atoms with Gasteiger partial charge in [-0.3, -0.25) is 0 Å². The van der Waals surface area contributed by atoms with E-state index in [1.807, 2.05) is 0 Å². The Morgan fingerprint density at radius 2 is 1.76 bits per heavy atom. The molecule has 0 unspecified atom stereocenters. The Hall–Kier alpha value is 0.400. The molecule has 0 atom stereocenters. The van der Waals surface area contributed by atoms with Crippen molar-refractivity contribution >= 4 is 15.9 Å². The molecule has 0 N–H and O–H groups in total. The summed E-state index contributed by atoms with van der Waals surface area (Å²) in [7, 11) is 4.32. The summed E-state index contributed by atoms with van der Waals surface area (Å²) >= 11 is 3.75. The molecule has 1 fully saturated rings. The van der Waals surface area contributed by atoms with Crippen molar-refractivity contribution in [1.29, 1.82) is 0 Å². The van der Waals surface area contributed by atoms with Crippen molar-refractivity contribution in [2.24, 2.45) is 5.41 Å². The molecule has 1 aliphatic rings. The van der Waals surface area contributed by atoms with Gasteiger partial charge in [0.25, 0.3) is 0 Å². The molecule has 0 radical (unpaired) electrons. The summed E-state index contributed by atoms with van der Waals surface area (Å²) < 4.78 is 0. The Morgan fingerprint density at radius 1 is 1.12 bits per heavy atom. The van der Waals surface area contributed by atoms with Crippen LogP contribution in [0.3, 0.4) is 0 Å². The molecule has 0 aliphatic heterocycles. The predicted molar refractivity (Wildman–Crippen MR) is 80.0 cm³/mol. The molecule has 1 saturated carbocycles. The van der Waals surface area contributed by atoms with Crippen LogP contribution in [-0.4, -0.2) is 55.4 Å². The van der Waals surface area contributed by atoms with Crippen LogP contribution in [0.2, 0.25) is 0 Å². The summed E-state index contributed by atoms with van der Waals surface area (Å²) in [5.74, 6) is 0. The second-order valence-electron chi connectivity index (χ2n) is 5.87. The minimum atomic E-state index is 0.578. The molecular weight excluding hydrogens is 276 g/mol. The van der Waals surface area contributed by atoms with Gasteiger partial charge >= 0.3 is 0 Å². The van der Waals surface area contributed by atoms with E-state index in [4.69, 9.17) is 0 Å². The smallest absolute Gasteiger partial charge is 0.0100 e. The van der Waals surface area contributed by atoms with Crippen LogP contribution in [0.25, 0.3) is 0 Å². The lowest BCUT2D eigenvalue weighted by Crippen LogP contribution is -2.38. The van der Waals surface area contributed by atoms with E-state index in [2.05, 4.69) is 46.7 Å². The molecule has 1 aliphatic carbocycles. The first-order valence-electron chi connectivity index (χ1n) is 7.05. The topological polar surface area (TPSA) is 6.48 Å². The largest absolute Gasteiger partial charge is 0.309 e. The van der Waals surface area contributed by atoms with Crippen molar-refractivity contribution in [3.8, 4) is 0 Å². The zero-order chi connectivity index (χ0) is 12.7. The van der Waals surface area contributed by atoms with E-state index in [0.29, 0.717) is 5.41 Å². The quantitative estimate of drug-likeness (QED) is 0.635. The van der Waals surface area contributed by atoms with Crippen LogP contribution in [0, 0.1) is 5.41 Å². The first-order chi connectivity index (χ1) is 8.12. The Balaban J connectivity index is 2.34. The van der Waals surface area contributed by atoms with Gasteiger partial charge in [0.05, 0.1) is 0 Å². The van der Waals surface area contributed by atoms with E-state index in [0.717, 1.165) is 0 Å². The van der Waals surface area contributed by atoms with Gasteiger partial charge in [0.15, 0.2) is 0 Å². The van der Waals surface area contributed by atoms with Gasteiger partial charge in [-0.2, -0.15) is 0 Å². The highest BCUT2D eigenvalue weighted by atomic mass is 79.9. The number of hydrogen-bond acceptors (Lipinski definition) is 2. The first kappa shape index (κ1) is 15.5. The molecule has 0 heterocycles. The van der Waals surface area contributed by atoms with Crippen LogP contribution in [0.15, 0.2) is 0 Å². The predicted octanol–water partition coefficient (Wildman–Crippen LogP) is 3.22. The standard InChI is InChI=1S/C14H29BrN2/c1-4-17(11-7-10-16(2)3)13-14(12-15)8-5-6-9-14/h4-13H2,1-3H3. The SMILES string of the molecule is CCN(CCCN(C)C)CC1(CBr)CCCC1. The summed E-state index contributed by atoms with van der Waals surface area (Å²) in [6.45, 7) is 7.25. The minimum Gasteiger partial charge on any atom is -0.309 e. The average Bonchev–Trinajstić information content (AvgIpc) is 2.76. The van der Waals surface area contributed by atoms with Crippen molar-refractivity contribution in [1.82, 2.24) is 9.80 Å². The molecule has 0 saturated heterocycles. The second-order valence-corrected chi connectivity index (χ2v) is 6.43. The van der Waals surface area contributed by atoms with Gasteiger partial charge < -0.3 is 9.80 Å². The van der Waals surface area contributed by atoms with Gasteiger partial charge in [0.1, 0.15) is 0 Å². The number of halogens is 1. The Kier molecular flexibility index (Phi) is 7.05. The maximum Gasteiger partial charge on any atom is 0.0100 e. The van der Waals surface area contributed by atoms with Gasteiger partial charge in [-0.1, -0.05) is 35.7 Å². The van der Waals surface area contributed by atoms with Gasteiger partial charge in [-0.15, -0.1) is 0 Å². The molecule has 1 rings (SSSR count). The maximum absolute atomic E-state index is 3.75. The van der Waals surface area contributed by atoms with E-state index < -0.39 is 0 Å². The molecule has 0 amide bonds. The molecule has 0 aromatic rings. The number of nitrogens with zero attached hydrogens (tertiary/aromatic N) is 2. The average molecular weight is 305 g/mol. The van der Waals surface area contributed by atoms with Crippen LogP contribution in [0.5, 0.6) is 0 Å². The third kappa shape index (κ3) is 5.27. The summed E-state index contributed by atoms with van der Waals surface area (Å²) in [6, 6.07) is 0. The second kappa shape index (κ2) is 7.75. The fraction of sp³-hybridized carbons (Fsp3) is 1.00. The fourth-order valence-electron chi connectivity index (χ4n) is 2.89. The minimum absolute atomic E-state index is 0.578. The van der Waals surface area contributed by atoms with E-state index in [9.17, 15) is 0 Å². The highest BCUT2D eigenvalue weighted by molar-refractivity contribution is 9.09. The zero-order valence-electron chi connectivity index (χ0n) is 11.8. The Bertz CT molecular complexity index is 200. The number of rotatable bonds is 8. The third-order valence-electron chi connectivity index (χ3n) is 4.03. The molecular formula is C14H29BrN2.